The van der Waals surface area contributed by atoms with E-state index in [1.807, 2.05) is 55.5 Å². The van der Waals surface area contributed by atoms with E-state index < -0.39 is 16.1 Å². The first-order chi connectivity index (χ1) is 14.9. The average Bonchev–Trinajstić information content (AvgIpc) is 2.78. The number of fused-ring (bicyclic) bond motifs is 1. The minimum absolute atomic E-state index is 0.291. The van der Waals surface area contributed by atoms with Crippen LogP contribution in [0.15, 0.2) is 70.0 Å². The number of ether oxygens (including phenoxy) is 2. The number of hydrogen-bond acceptors (Lipinski definition) is 4. The molecule has 1 aliphatic rings. The first kappa shape index (κ1) is 21.9. The van der Waals surface area contributed by atoms with Gasteiger partial charge in [-0.3, -0.25) is 0 Å². The van der Waals surface area contributed by atoms with Crippen LogP contribution in [-0.2, 0) is 16.4 Å². The normalized spacial score (nSPS) is 16.6. The number of hydrogen-bond donors (Lipinski definition) is 0. The lowest BCUT2D eigenvalue weighted by Crippen LogP contribution is -2.40. The molecule has 0 saturated carbocycles. The highest BCUT2D eigenvalue weighted by Crippen LogP contribution is 2.44. The average molecular weight is 502 g/mol. The monoisotopic (exact) mass is 501 g/mol. The SMILES string of the molecule is COc1cc2c(cc1OC)C(c1ccccc1Br)N(S(=O)(=O)c1ccc(C)cc1)CC2. The highest BCUT2D eigenvalue weighted by atomic mass is 79.9. The molecule has 31 heavy (non-hydrogen) atoms. The Labute approximate surface area is 191 Å². The molecule has 1 atom stereocenters. The highest BCUT2D eigenvalue weighted by molar-refractivity contribution is 9.10. The summed E-state index contributed by atoms with van der Waals surface area (Å²) in [4.78, 5) is 0.291. The molecule has 3 aromatic carbocycles. The second-order valence-electron chi connectivity index (χ2n) is 7.51. The molecule has 0 saturated heterocycles. The van der Waals surface area contributed by atoms with Gasteiger partial charge in [0.05, 0.1) is 25.2 Å². The Morgan fingerprint density at radius 2 is 1.58 bits per heavy atom. The van der Waals surface area contributed by atoms with E-state index in [9.17, 15) is 8.42 Å². The van der Waals surface area contributed by atoms with Gasteiger partial charge in [-0.05, 0) is 60.4 Å². The van der Waals surface area contributed by atoms with Gasteiger partial charge in [0.1, 0.15) is 0 Å². The second kappa shape index (κ2) is 8.65. The maximum absolute atomic E-state index is 13.7. The van der Waals surface area contributed by atoms with E-state index in [2.05, 4.69) is 15.9 Å². The second-order valence-corrected chi connectivity index (χ2v) is 10.3. The van der Waals surface area contributed by atoms with Gasteiger partial charge in [0, 0.05) is 11.0 Å². The van der Waals surface area contributed by atoms with Crippen molar-refractivity contribution in [2.45, 2.75) is 24.3 Å². The highest BCUT2D eigenvalue weighted by Gasteiger charge is 2.39. The first-order valence-electron chi connectivity index (χ1n) is 9.94. The van der Waals surface area contributed by atoms with Gasteiger partial charge in [0.25, 0.3) is 0 Å². The summed E-state index contributed by atoms with van der Waals surface area (Å²) in [7, 11) is -0.542. The van der Waals surface area contributed by atoms with Crippen molar-refractivity contribution in [1.29, 1.82) is 0 Å². The fourth-order valence-electron chi connectivity index (χ4n) is 4.05. The summed E-state index contributed by atoms with van der Waals surface area (Å²) in [6.07, 6.45) is 0.585. The van der Waals surface area contributed by atoms with Crippen molar-refractivity contribution in [3.8, 4) is 11.5 Å². The molecule has 1 heterocycles. The zero-order valence-corrected chi connectivity index (χ0v) is 20.0. The molecule has 162 valence electrons. The molecule has 0 amide bonds. The number of aryl methyl sites for hydroxylation is 1. The molecule has 3 aromatic rings. The van der Waals surface area contributed by atoms with Gasteiger partial charge in [-0.1, -0.05) is 51.8 Å². The smallest absolute Gasteiger partial charge is 0.243 e. The summed E-state index contributed by atoms with van der Waals surface area (Å²) in [5.74, 6) is 1.22. The van der Waals surface area contributed by atoms with Crippen molar-refractivity contribution in [3.63, 3.8) is 0 Å². The molecule has 1 aliphatic heterocycles. The van der Waals surface area contributed by atoms with Crippen LogP contribution in [0, 0.1) is 6.92 Å². The number of rotatable bonds is 5. The van der Waals surface area contributed by atoms with Crippen molar-refractivity contribution in [2.75, 3.05) is 20.8 Å². The third-order valence-corrected chi connectivity index (χ3v) is 8.26. The van der Waals surface area contributed by atoms with E-state index in [0.717, 1.165) is 26.7 Å². The minimum atomic E-state index is -3.73. The van der Waals surface area contributed by atoms with Crippen LogP contribution in [0.1, 0.15) is 28.3 Å². The molecule has 1 unspecified atom stereocenters. The van der Waals surface area contributed by atoms with Crippen molar-refractivity contribution < 1.29 is 17.9 Å². The van der Waals surface area contributed by atoms with Crippen molar-refractivity contribution in [2.24, 2.45) is 0 Å². The predicted octanol–water partition coefficient (Wildman–Crippen LogP) is 5.11. The summed E-state index contributed by atoms with van der Waals surface area (Å²) in [5, 5.41) is 0. The van der Waals surface area contributed by atoms with Crippen LogP contribution >= 0.6 is 15.9 Å². The topological polar surface area (TPSA) is 55.8 Å². The maximum atomic E-state index is 13.7. The van der Waals surface area contributed by atoms with Crippen LogP contribution in [0.25, 0.3) is 0 Å². The quantitative estimate of drug-likeness (QED) is 0.487. The lowest BCUT2D eigenvalue weighted by atomic mass is 9.89. The van der Waals surface area contributed by atoms with Gasteiger partial charge in [0.2, 0.25) is 10.0 Å². The number of sulfonamides is 1. The first-order valence-corrected chi connectivity index (χ1v) is 12.2. The summed E-state index contributed by atoms with van der Waals surface area (Å²) >= 11 is 3.63. The van der Waals surface area contributed by atoms with Gasteiger partial charge < -0.3 is 9.47 Å². The lowest BCUT2D eigenvalue weighted by molar-refractivity contribution is 0.331. The van der Waals surface area contributed by atoms with Gasteiger partial charge >= 0.3 is 0 Å². The Bertz CT molecular complexity index is 1210. The Morgan fingerprint density at radius 3 is 2.23 bits per heavy atom. The van der Waals surface area contributed by atoms with E-state index in [1.165, 1.54) is 0 Å². The third kappa shape index (κ3) is 3.97. The summed E-state index contributed by atoms with van der Waals surface area (Å²) in [6, 6.07) is 18.1. The van der Waals surface area contributed by atoms with Crippen LogP contribution in [-0.4, -0.2) is 33.5 Å². The number of nitrogens with zero attached hydrogens (tertiary/aromatic N) is 1. The van der Waals surface area contributed by atoms with E-state index in [0.29, 0.717) is 29.4 Å². The Kier molecular flexibility index (Phi) is 6.10. The summed E-state index contributed by atoms with van der Waals surface area (Å²) < 4.78 is 40.9. The van der Waals surface area contributed by atoms with Gasteiger partial charge in [-0.25, -0.2) is 8.42 Å². The van der Waals surface area contributed by atoms with E-state index in [4.69, 9.17) is 9.47 Å². The fourth-order valence-corrected chi connectivity index (χ4v) is 6.14. The van der Waals surface area contributed by atoms with E-state index in [-0.39, 0.29) is 0 Å². The van der Waals surface area contributed by atoms with Gasteiger partial charge in [-0.2, -0.15) is 4.31 Å². The summed E-state index contributed by atoms with van der Waals surface area (Å²) in [5.41, 5.74) is 3.84. The zero-order chi connectivity index (χ0) is 22.2. The van der Waals surface area contributed by atoms with Crippen molar-refractivity contribution >= 4 is 26.0 Å². The lowest BCUT2D eigenvalue weighted by Gasteiger charge is -2.37. The predicted molar refractivity (Wildman–Crippen MR) is 124 cm³/mol. The summed E-state index contributed by atoms with van der Waals surface area (Å²) in [6.45, 7) is 2.31. The van der Waals surface area contributed by atoms with Crippen molar-refractivity contribution in [1.82, 2.24) is 4.31 Å². The standard InChI is InChI=1S/C24H24BrNO4S/c1-16-8-10-18(11-9-16)31(27,28)26-13-12-17-14-22(29-2)23(30-3)15-20(17)24(26)19-6-4-5-7-21(19)25/h4-11,14-15,24H,12-13H2,1-3H3. The molecule has 0 radical (unpaired) electrons. The largest absolute Gasteiger partial charge is 0.493 e. The molecule has 0 spiro atoms. The van der Waals surface area contributed by atoms with E-state index in [1.54, 1.807) is 30.7 Å². The maximum Gasteiger partial charge on any atom is 0.243 e. The molecular formula is C24H24BrNO4S. The molecule has 4 rings (SSSR count). The number of halogens is 1. The van der Waals surface area contributed by atoms with Crippen LogP contribution < -0.4 is 9.47 Å². The van der Waals surface area contributed by atoms with Crippen LogP contribution in [0.5, 0.6) is 11.5 Å². The van der Waals surface area contributed by atoms with Gasteiger partial charge in [0.15, 0.2) is 11.5 Å². The molecule has 5 nitrogen and oxygen atoms in total. The van der Waals surface area contributed by atoms with Crippen molar-refractivity contribution in [3.05, 3.63) is 87.4 Å². The molecule has 0 bridgehead atoms. The van der Waals surface area contributed by atoms with Gasteiger partial charge in [-0.15, -0.1) is 0 Å². The van der Waals surface area contributed by atoms with E-state index >= 15 is 0 Å². The van der Waals surface area contributed by atoms with Crippen LogP contribution in [0.3, 0.4) is 0 Å². The minimum Gasteiger partial charge on any atom is -0.493 e. The number of benzene rings is 3. The molecule has 0 N–H and O–H groups in total. The molecule has 0 aromatic heterocycles. The Balaban J connectivity index is 1.93. The van der Waals surface area contributed by atoms with Crippen LogP contribution in [0.2, 0.25) is 0 Å². The fraction of sp³-hybridized carbons (Fsp3) is 0.250. The molecule has 0 fully saturated rings. The Morgan fingerprint density at radius 1 is 0.935 bits per heavy atom. The van der Waals surface area contributed by atoms with Crippen LogP contribution in [0.4, 0.5) is 0 Å². The Hall–Kier alpha value is -2.35. The zero-order valence-electron chi connectivity index (χ0n) is 17.6. The third-order valence-electron chi connectivity index (χ3n) is 5.66. The molecule has 0 aliphatic carbocycles. The molecular weight excluding hydrogens is 478 g/mol. The number of methoxy groups -OCH3 is 2. The molecule has 7 heteroatoms.